The van der Waals surface area contributed by atoms with Crippen LogP contribution in [0, 0.1) is 6.92 Å². The number of carboxylic acid groups (broad SMARTS) is 2. The average Bonchev–Trinajstić information content (AvgIpc) is 2.55. The Morgan fingerprint density at radius 2 is 1.75 bits per heavy atom. The second-order valence-electron chi connectivity index (χ2n) is 5.55. The van der Waals surface area contributed by atoms with Crippen LogP contribution in [0.1, 0.15) is 39.9 Å². The molecule has 0 saturated carbocycles. The van der Waals surface area contributed by atoms with E-state index in [4.69, 9.17) is 9.84 Å². The molecule has 5 heteroatoms. The van der Waals surface area contributed by atoms with Crippen molar-refractivity contribution in [1.29, 1.82) is 0 Å². The van der Waals surface area contributed by atoms with Crippen molar-refractivity contribution in [3.8, 4) is 5.75 Å². The Kier molecular flexibility index (Phi) is 5.58. The summed E-state index contributed by atoms with van der Waals surface area (Å²) in [6, 6.07) is 11.7. The highest BCUT2D eigenvalue weighted by molar-refractivity contribution is 5.87. The van der Waals surface area contributed by atoms with E-state index in [0.717, 1.165) is 16.9 Å². The number of carboxylic acids is 2. The Morgan fingerprint density at radius 3 is 2.25 bits per heavy atom. The molecule has 2 aromatic carbocycles. The first-order valence-electron chi connectivity index (χ1n) is 7.70. The zero-order valence-electron chi connectivity index (χ0n) is 13.7. The molecule has 2 N–H and O–H groups in total. The van der Waals surface area contributed by atoms with Crippen LogP contribution in [0.4, 0.5) is 0 Å². The normalized spacial score (nSPS) is 11.8. The molecule has 0 aromatic heterocycles. The molecule has 1 atom stereocenters. The molecule has 0 spiro atoms. The first-order valence-corrected chi connectivity index (χ1v) is 7.70. The van der Waals surface area contributed by atoms with Crippen molar-refractivity contribution in [3.63, 3.8) is 0 Å². The quantitative estimate of drug-likeness (QED) is 0.812. The maximum Gasteiger partial charge on any atom is 0.335 e. The first-order chi connectivity index (χ1) is 11.4. The van der Waals surface area contributed by atoms with Crippen LogP contribution in [-0.4, -0.2) is 28.8 Å². The van der Waals surface area contributed by atoms with Crippen LogP contribution >= 0.6 is 0 Å². The molecule has 1 unspecified atom stereocenters. The molecular formula is C19H20O5. The Labute approximate surface area is 140 Å². The van der Waals surface area contributed by atoms with Gasteiger partial charge in [-0.3, -0.25) is 4.79 Å². The van der Waals surface area contributed by atoms with Gasteiger partial charge in [0.05, 0.1) is 18.1 Å². The lowest BCUT2D eigenvalue weighted by atomic mass is 9.90. The molecule has 0 aliphatic rings. The van der Waals surface area contributed by atoms with Gasteiger partial charge in [0.2, 0.25) is 0 Å². The van der Waals surface area contributed by atoms with Crippen LogP contribution in [0.15, 0.2) is 42.5 Å². The van der Waals surface area contributed by atoms with Crippen molar-refractivity contribution in [3.05, 3.63) is 64.7 Å². The van der Waals surface area contributed by atoms with Gasteiger partial charge in [0.1, 0.15) is 5.75 Å². The van der Waals surface area contributed by atoms with E-state index in [-0.39, 0.29) is 5.56 Å². The zero-order chi connectivity index (χ0) is 17.7. The van der Waals surface area contributed by atoms with Gasteiger partial charge in [-0.2, -0.15) is 0 Å². The molecule has 0 fully saturated rings. The van der Waals surface area contributed by atoms with Crippen molar-refractivity contribution in [2.24, 2.45) is 0 Å². The maximum absolute atomic E-state index is 11.7. The van der Waals surface area contributed by atoms with E-state index in [9.17, 15) is 14.7 Å². The standard InChI is InChI=1S/C19H20O5/c1-3-24-17-9-8-15(10-12(17)2)16(19(22)23)11-13-4-6-14(7-5-13)18(20)21/h4-10,16H,3,11H2,1-2H3,(H,20,21)(H,22,23). The van der Waals surface area contributed by atoms with Crippen LogP contribution in [-0.2, 0) is 11.2 Å². The van der Waals surface area contributed by atoms with Crippen molar-refractivity contribution >= 4 is 11.9 Å². The lowest BCUT2D eigenvalue weighted by Crippen LogP contribution is -2.15. The molecule has 24 heavy (non-hydrogen) atoms. The highest BCUT2D eigenvalue weighted by Crippen LogP contribution is 2.27. The lowest BCUT2D eigenvalue weighted by molar-refractivity contribution is -0.138. The molecule has 0 heterocycles. The number of aromatic carboxylic acids is 1. The zero-order valence-corrected chi connectivity index (χ0v) is 13.7. The number of aliphatic carboxylic acids is 1. The Balaban J connectivity index is 2.25. The van der Waals surface area contributed by atoms with E-state index in [1.54, 1.807) is 24.3 Å². The monoisotopic (exact) mass is 328 g/mol. The summed E-state index contributed by atoms with van der Waals surface area (Å²) in [6.45, 7) is 4.34. The minimum atomic E-state index is -1.00. The summed E-state index contributed by atoms with van der Waals surface area (Å²) in [5.74, 6) is -1.87. The summed E-state index contributed by atoms with van der Waals surface area (Å²) in [4.78, 5) is 22.6. The largest absolute Gasteiger partial charge is 0.494 e. The summed E-state index contributed by atoms with van der Waals surface area (Å²) < 4.78 is 5.48. The van der Waals surface area contributed by atoms with Crippen molar-refractivity contribution < 1.29 is 24.5 Å². The number of hydrogen-bond donors (Lipinski definition) is 2. The van der Waals surface area contributed by atoms with Gasteiger partial charge < -0.3 is 14.9 Å². The predicted molar refractivity (Wildman–Crippen MR) is 89.8 cm³/mol. The van der Waals surface area contributed by atoms with Gasteiger partial charge in [0.25, 0.3) is 0 Å². The highest BCUT2D eigenvalue weighted by atomic mass is 16.5. The lowest BCUT2D eigenvalue weighted by Gasteiger charge is -2.15. The third-order valence-corrected chi connectivity index (χ3v) is 3.84. The molecule has 2 aromatic rings. The molecular weight excluding hydrogens is 308 g/mol. The van der Waals surface area contributed by atoms with E-state index < -0.39 is 17.9 Å². The first kappa shape index (κ1) is 17.5. The molecule has 0 saturated heterocycles. The van der Waals surface area contributed by atoms with Gasteiger partial charge in [0.15, 0.2) is 0 Å². The van der Waals surface area contributed by atoms with Crippen LogP contribution < -0.4 is 4.74 Å². The Morgan fingerprint density at radius 1 is 1.08 bits per heavy atom. The van der Waals surface area contributed by atoms with Gasteiger partial charge in [-0.25, -0.2) is 4.79 Å². The SMILES string of the molecule is CCOc1ccc(C(Cc2ccc(C(=O)O)cc2)C(=O)O)cc1C. The number of ether oxygens (including phenoxy) is 1. The molecule has 0 aliphatic carbocycles. The van der Waals surface area contributed by atoms with Crippen LogP contribution in [0.5, 0.6) is 5.75 Å². The molecule has 0 aliphatic heterocycles. The van der Waals surface area contributed by atoms with E-state index in [2.05, 4.69) is 0 Å². The molecule has 0 radical (unpaired) electrons. The highest BCUT2D eigenvalue weighted by Gasteiger charge is 2.21. The number of hydrogen-bond acceptors (Lipinski definition) is 3. The smallest absolute Gasteiger partial charge is 0.335 e. The van der Waals surface area contributed by atoms with Crippen LogP contribution in [0.25, 0.3) is 0 Å². The predicted octanol–water partition coefficient (Wildman–Crippen LogP) is 3.50. The minimum Gasteiger partial charge on any atom is -0.494 e. The Hall–Kier alpha value is -2.82. The minimum absolute atomic E-state index is 0.183. The molecule has 0 amide bonds. The molecule has 5 nitrogen and oxygen atoms in total. The molecule has 2 rings (SSSR count). The van der Waals surface area contributed by atoms with Crippen molar-refractivity contribution in [1.82, 2.24) is 0 Å². The number of rotatable bonds is 7. The average molecular weight is 328 g/mol. The third kappa shape index (κ3) is 4.13. The van der Waals surface area contributed by atoms with Gasteiger partial charge in [0, 0.05) is 0 Å². The van der Waals surface area contributed by atoms with Crippen molar-refractivity contribution in [2.45, 2.75) is 26.2 Å². The van der Waals surface area contributed by atoms with Gasteiger partial charge in [-0.15, -0.1) is 0 Å². The van der Waals surface area contributed by atoms with E-state index in [0.29, 0.717) is 18.6 Å². The number of aryl methyl sites for hydroxylation is 1. The molecule has 126 valence electrons. The van der Waals surface area contributed by atoms with Crippen LogP contribution in [0.3, 0.4) is 0 Å². The topological polar surface area (TPSA) is 83.8 Å². The second-order valence-corrected chi connectivity index (χ2v) is 5.55. The third-order valence-electron chi connectivity index (χ3n) is 3.84. The summed E-state index contributed by atoms with van der Waals surface area (Å²) in [7, 11) is 0. The fourth-order valence-electron chi connectivity index (χ4n) is 2.57. The maximum atomic E-state index is 11.7. The number of carbonyl (C=O) groups is 2. The van der Waals surface area contributed by atoms with E-state index >= 15 is 0 Å². The summed E-state index contributed by atoms with van der Waals surface area (Å²) in [6.07, 6.45) is 0.294. The number of benzene rings is 2. The van der Waals surface area contributed by atoms with E-state index in [1.165, 1.54) is 12.1 Å². The van der Waals surface area contributed by atoms with Gasteiger partial charge in [-0.1, -0.05) is 24.3 Å². The summed E-state index contributed by atoms with van der Waals surface area (Å²) >= 11 is 0. The summed E-state index contributed by atoms with van der Waals surface area (Å²) in [5, 5.41) is 18.5. The van der Waals surface area contributed by atoms with Gasteiger partial charge >= 0.3 is 11.9 Å². The Bertz CT molecular complexity index is 734. The van der Waals surface area contributed by atoms with Crippen LogP contribution in [0.2, 0.25) is 0 Å². The van der Waals surface area contributed by atoms with E-state index in [1.807, 2.05) is 19.9 Å². The van der Waals surface area contributed by atoms with Crippen molar-refractivity contribution in [2.75, 3.05) is 6.61 Å². The van der Waals surface area contributed by atoms with Gasteiger partial charge in [-0.05, 0) is 55.2 Å². The second kappa shape index (κ2) is 7.64. The fraction of sp³-hybridized carbons (Fsp3) is 0.263. The fourth-order valence-corrected chi connectivity index (χ4v) is 2.57. The summed E-state index contributed by atoms with van der Waals surface area (Å²) in [5.41, 5.74) is 2.55. The molecule has 0 bridgehead atoms.